The number of likely N-dealkylation sites (N-methyl/N-ethyl adjacent to an activating group) is 1. The third kappa shape index (κ3) is 63.7. The third-order valence-corrected chi connectivity index (χ3v) is 14.7. The average Bonchev–Trinajstić information content (AvgIpc) is 3.46. The lowest BCUT2D eigenvalue weighted by atomic mass is 10.0. The summed E-state index contributed by atoms with van der Waals surface area (Å²) in [4.78, 5) is 25.6. The predicted molar refractivity (Wildman–Crippen MR) is 357 cm³/mol. The molecule has 466 valence electrons. The Labute approximate surface area is 505 Å². The quantitative estimate of drug-likeness (QED) is 0.0272. The number of quaternary nitrogens is 1. The van der Waals surface area contributed by atoms with E-state index < -0.39 is 26.6 Å². The number of nitrogens with one attached hydrogen (secondary N) is 1. The monoisotopic (exact) mass is 1150 g/mol. The van der Waals surface area contributed by atoms with Crippen LogP contribution < -0.4 is 10.2 Å². The van der Waals surface area contributed by atoms with E-state index in [1.165, 1.54) is 109 Å². The Bertz CT molecular complexity index is 1890. The minimum Gasteiger partial charge on any atom is -0.756 e. The van der Waals surface area contributed by atoms with E-state index in [0.29, 0.717) is 17.4 Å². The molecule has 0 aliphatic heterocycles. The molecule has 0 heterocycles. The fourth-order valence-electron chi connectivity index (χ4n) is 8.66. The van der Waals surface area contributed by atoms with Gasteiger partial charge in [-0.05, 0) is 109 Å². The fraction of sp³-hybridized carbons (Fsp3) is 0.630. The van der Waals surface area contributed by atoms with Crippen LogP contribution in [0.15, 0.2) is 158 Å². The molecule has 3 unspecified atom stereocenters. The Balaban J connectivity index is 4.27. The van der Waals surface area contributed by atoms with E-state index in [-0.39, 0.29) is 18.9 Å². The summed E-state index contributed by atoms with van der Waals surface area (Å²) in [6.45, 7) is 4.50. The van der Waals surface area contributed by atoms with Crippen molar-refractivity contribution in [3.05, 3.63) is 158 Å². The van der Waals surface area contributed by atoms with Gasteiger partial charge >= 0.3 is 0 Å². The minimum atomic E-state index is -4.62. The summed E-state index contributed by atoms with van der Waals surface area (Å²) in [6, 6.07) is -0.923. The molecule has 0 aliphatic rings. The maximum Gasteiger partial charge on any atom is 0.268 e. The Morgan fingerprint density at radius 1 is 0.439 bits per heavy atom. The first-order chi connectivity index (χ1) is 40.0. The van der Waals surface area contributed by atoms with Gasteiger partial charge in [0.25, 0.3) is 7.82 Å². The van der Waals surface area contributed by atoms with E-state index in [0.717, 1.165) is 109 Å². The Hall–Kier alpha value is -3.88. The normalized spacial score (nSPS) is 14.8. The fourth-order valence-corrected chi connectivity index (χ4v) is 9.39. The van der Waals surface area contributed by atoms with Gasteiger partial charge in [-0.3, -0.25) is 9.36 Å². The van der Waals surface area contributed by atoms with E-state index in [1.807, 2.05) is 27.2 Å². The molecular formula is C73H123N2O6P. The SMILES string of the molecule is CC/C=C\C/C=C\C/C=C\C/C=C\C/C=C\C/C=C\C/C=C\C/C=C\C/C=C\C/C=C\C/C=C\C/C=C\CCCCC(=O)NC(COP(=O)([O-])OCC[N+](C)(C)C)C(O)/C=C/CCCCCCCCCCCCCCCCCCCCC. The van der Waals surface area contributed by atoms with Gasteiger partial charge in [0, 0.05) is 6.42 Å². The summed E-state index contributed by atoms with van der Waals surface area (Å²) < 4.78 is 23.4. The second kappa shape index (κ2) is 61.7. The smallest absolute Gasteiger partial charge is 0.268 e. The van der Waals surface area contributed by atoms with E-state index in [9.17, 15) is 19.4 Å². The summed E-state index contributed by atoms with van der Waals surface area (Å²) in [5.41, 5.74) is 0. The molecule has 3 atom stereocenters. The predicted octanol–water partition coefficient (Wildman–Crippen LogP) is 20.4. The van der Waals surface area contributed by atoms with Gasteiger partial charge in [-0.15, -0.1) is 0 Å². The number of carbonyl (C=O) groups excluding carboxylic acids is 1. The molecule has 9 heteroatoms. The van der Waals surface area contributed by atoms with Crippen LogP contribution in [0.4, 0.5) is 0 Å². The second-order valence-corrected chi connectivity index (χ2v) is 24.1. The van der Waals surface area contributed by atoms with E-state index in [1.54, 1.807) is 6.08 Å². The number of unbranched alkanes of at least 4 members (excludes halogenated alkanes) is 21. The van der Waals surface area contributed by atoms with Crippen LogP contribution in [-0.4, -0.2) is 68.5 Å². The van der Waals surface area contributed by atoms with Crippen LogP contribution in [-0.2, 0) is 18.4 Å². The summed E-state index contributed by atoms with van der Waals surface area (Å²) >= 11 is 0. The van der Waals surface area contributed by atoms with Crippen LogP contribution in [0.25, 0.3) is 0 Å². The van der Waals surface area contributed by atoms with Crippen LogP contribution in [0.2, 0.25) is 0 Å². The molecule has 0 aromatic carbocycles. The highest BCUT2D eigenvalue weighted by Gasteiger charge is 2.23. The van der Waals surface area contributed by atoms with E-state index in [4.69, 9.17) is 9.05 Å². The highest BCUT2D eigenvalue weighted by molar-refractivity contribution is 7.45. The van der Waals surface area contributed by atoms with Crippen LogP contribution in [0.5, 0.6) is 0 Å². The second-order valence-electron chi connectivity index (χ2n) is 22.7. The van der Waals surface area contributed by atoms with Gasteiger partial charge in [0.1, 0.15) is 13.2 Å². The number of phosphoric ester groups is 1. The first-order valence-electron chi connectivity index (χ1n) is 32.8. The summed E-state index contributed by atoms with van der Waals surface area (Å²) in [5.74, 6) is -0.244. The zero-order chi connectivity index (χ0) is 59.8. The van der Waals surface area contributed by atoms with Gasteiger partial charge in [0.2, 0.25) is 5.91 Å². The Morgan fingerprint density at radius 2 is 0.744 bits per heavy atom. The number of aliphatic hydroxyl groups is 1. The topological polar surface area (TPSA) is 108 Å². The van der Waals surface area contributed by atoms with Crippen molar-refractivity contribution in [3.63, 3.8) is 0 Å². The molecule has 0 rings (SSSR count). The largest absolute Gasteiger partial charge is 0.756 e. The first-order valence-corrected chi connectivity index (χ1v) is 34.3. The van der Waals surface area contributed by atoms with E-state index >= 15 is 0 Å². The molecule has 0 saturated carbocycles. The molecule has 0 aliphatic carbocycles. The molecule has 8 nitrogen and oxygen atoms in total. The summed E-state index contributed by atoms with van der Waals surface area (Å²) in [7, 11) is 1.21. The number of rotatable bonds is 58. The minimum absolute atomic E-state index is 0.0178. The van der Waals surface area contributed by atoms with Crippen LogP contribution >= 0.6 is 7.82 Å². The maximum absolute atomic E-state index is 13.0. The number of hydrogen-bond donors (Lipinski definition) is 2. The highest BCUT2D eigenvalue weighted by Crippen LogP contribution is 2.38. The molecule has 0 aromatic heterocycles. The number of carbonyl (C=O) groups is 1. The molecule has 0 spiro atoms. The molecule has 0 radical (unpaired) electrons. The lowest BCUT2D eigenvalue weighted by molar-refractivity contribution is -0.870. The molecular weight excluding hydrogens is 1030 g/mol. The van der Waals surface area contributed by atoms with Gasteiger partial charge in [-0.2, -0.15) is 0 Å². The zero-order valence-corrected chi connectivity index (χ0v) is 54.0. The maximum atomic E-state index is 13.0. The molecule has 82 heavy (non-hydrogen) atoms. The Morgan fingerprint density at radius 3 is 1.09 bits per heavy atom. The van der Waals surface area contributed by atoms with Crippen molar-refractivity contribution in [1.29, 1.82) is 0 Å². The highest BCUT2D eigenvalue weighted by atomic mass is 31.2. The van der Waals surface area contributed by atoms with Crippen LogP contribution in [0.1, 0.15) is 245 Å². The van der Waals surface area contributed by atoms with E-state index in [2.05, 4.69) is 165 Å². The lowest BCUT2D eigenvalue weighted by Crippen LogP contribution is -2.45. The van der Waals surface area contributed by atoms with Crippen molar-refractivity contribution in [3.8, 4) is 0 Å². The van der Waals surface area contributed by atoms with Crippen molar-refractivity contribution < 1.29 is 32.9 Å². The number of hydrogen-bond acceptors (Lipinski definition) is 6. The van der Waals surface area contributed by atoms with Gasteiger partial charge in [-0.1, -0.05) is 287 Å². The molecule has 0 fully saturated rings. The molecule has 0 bridgehead atoms. The number of aliphatic hydroxyl groups excluding tert-OH is 1. The molecule has 1 amide bonds. The van der Waals surface area contributed by atoms with Crippen molar-refractivity contribution in [2.45, 2.75) is 257 Å². The van der Waals surface area contributed by atoms with Crippen LogP contribution in [0.3, 0.4) is 0 Å². The number of amides is 1. The number of allylic oxidation sites excluding steroid dienone is 25. The number of phosphoric acid groups is 1. The molecule has 0 saturated heterocycles. The molecule has 0 aromatic rings. The van der Waals surface area contributed by atoms with Crippen molar-refractivity contribution in [1.82, 2.24) is 5.32 Å². The number of nitrogens with zero attached hydrogens (tertiary/aromatic N) is 1. The molecule has 2 N–H and O–H groups in total. The summed E-state index contributed by atoms with van der Waals surface area (Å²) in [5, 5.41) is 13.9. The lowest BCUT2D eigenvalue weighted by Gasteiger charge is -2.29. The van der Waals surface area contributed by atoms with Crippen molar-refractivity contribution >= 4 is 13.7 Å². The van der Waals surface area contributed by atoms with Gasteiger partial charge < -0.3 is 28.8 Å². The summed E-state index contributed by atoms with van der Waals surface area (Å²) in [6.07, 6.45) is 96.3. The Kier molecular flexibility index (Phi) is 58.8. The van der Waals surface area contributed by atoms with Crippen LogP contribution in [0, 0.1) is 0 Å². The van der Waals surface area contributed by atoms with Crippen molar-refractivity contribution in [2.24, 2.45) is 0 Å². The van der Waals surface area contributed by atoms with Gasteiger partial charge in [0.15, 0.2) is 0 Å². The zero-order valence-electron chi connectivity index (χ0n) is 53.1. The first kappa shape index (κ1) is 78.1. The third-order valence-electron chi connectivity index (χ3n) is 13.7. The average molecular weight is 1160 g/mol. The van der Waals surface area contributed by atoms with Gasteiger partial charge in [0.05, 0.1) is 39.9 Å². The van der Waals surface area contributed by atoms with Crippen molar-refractivity contribution in [2.75, 3.05) is 40.9 Å². The van der Waals surface area contributed by atoms with Gasteiger partial charge in [-0.25, -0.2) is 0 Å². The standard InChI is InChI=1S/C73H123N2O6P/c1-6-8-10-12-14-16-18-20-22-24-26-28-29-30-31-32-33-34-35-36-37-38-39-40-41-42-43-44-45-47-49-51-53-55-57-59-61-63-65-67-73(77)74-71(70-81-82(78,79)80-69-68-75(3,4)5)72(76)66-64-62-60-58-56-54-52-50-48-46-27-25-23-21-19-17-15-13-11-9-7-2/h8,10,14,16,20,22,26,28,30-31,33-34,36-37,39-40,42-43,45,47,51,53,57,59,64,66,71-72,76H,6-7,9,11-13,15,17-19,21,23-25,27,29,32,35,38,41,44,46,48-50,52,54-56,58,60-63,65,67-70H2,1-5H3,(H-,74,77,78,79)/b10-8-,16-14-,22-20-,28-26-,31-30-,34-33-,37-36-,40-39-,43-42-,47-45-,53-51-,59-57-,66-64+.